The van der Waals surface area contributed by atoms with E-state index in [1.54, 1.807) is 4.90 Å². The van der Waals surface area contributed by atoms with Gasteiger partial charge in [0.1, 0.15) is 0 Å². The molecule has 2 rings (SSSR count). The average molecular weight is 226 g/mol. The molecule has 2 amide bonds. The second-order valence-electron chi connectivity index (χ2n) is 5.32. The zero-order valence-electron chi connectivity index (χ0n) is 9.69. The number of carboxylic acid groups (broad SMARTS) is 1. The van der Waals surface area contributed by atoms with Crippen LogP contribution in [0.25, 0.3) is 0 Å². The maximum Gasteiger partial charge on any atom is 0.317 e. The molecular weight excluding hydrogens is 208 g/mol. The second-order valence-corrected chi connectivity index (χ2v) is 5.32. The Morgan fingerprint density at radius 3 is 2.44 bits per heavy atom. The average Bonchev–Trinajstić information content (AvgIpc) is 2.62. The summed E-state index contributed by atoms with van der Waals surface area (Å²) < 4.78 is 0. The van der Waals surface area contributed by atoms with Crippen molar-refractivity contribution in [3.8, 4) is 0 Å². The van der Waals surface area contributed by atoms with Crippen molar-refractivity contribution in [3.63, 3.8) is 0 Å². The number of hydrogen-bond donors (Lipinski definition) is 2. The first-order valence-electron chi connectivity index (χ1n) is 5.67. The monoisotopic (exact) mass is 226 g/mol. The minimum atomic E-state index is -0.884. The fourth-order valence-corrected chi connectivity index (χ4v) is 2.69. The molecule has 0 spiro atoms. The Morgan fingerprint density at radius 2 is 1.94 bits per heavy atom. The van der Waals surface area contributed by atoms with Gasteiger partial charge in [0.05, 0.1) is 6.42 Å². The number of carboxylic acids is 1. The van der Waals surface area contributed by atoms with Crippen LogP contribution in [0.4, 0.5) is 4.79 Å². The summed E-state index contributed by atoms with van der Waals surface area (Å²) in [7, 11) is 0. The number of amides is 2. The Balaban J connectivity index is 1.71. The predicted molar refractivity (Wildman–Crippen MR) is 58.0 cm³/mol. The van der Waals surface area contributed by atoms with Crippen molar-refractivity contribution in [2.75, 3.05) is 19.6 Å². The fraction of sp³-hybridized carbons (Fsp3) is 0.818. The fourth-order valence-electron chi connectivity index (χ4n) is 2.69. The third-order valence-electron chi connectivity index (χ3n) is 4.02. The van der Waals surface area contributed by atoms with Gasteiger partial charge < -0.3 is 15.3 Å². The lowest BCUT2D eigenvalue weighted by Crippen LogP contribution is -2.41. The smallest absolute Gasteiger partial charge is 0.317 e. The minimum absolute atomic E-state index is 0.0159. The molecule has 1 saturated heterocycles. The summed E-state index contributed by atoms with van der Waals surface area (Å²) >= 11 is 0. The van der Waals surface area contributed by atoms with Crippen LogP contribution in [0.5, 0.6) is 0 Å². The molecule has 5 nitrogen and oxygen atoms in total. The van der Waals surface area contributed by atoms with Crippen LogP contribution in [0, 0.1) is 17.3 Å². The number of fused-ring (bicyclic) bond motifs is 1. The summed E-state index contributed by atoms with van der Waals surface area (Å²) in [5.41, 5.74) is 0.401. The molecule has 2 N–H and O–H groups in total. The van der Waals surface area contributed by atoms with E-state index < -0.39 is 5.97 Å². The third-order valence-corrected chi connectivity index (χ3v) is 4.02. The van der Waals surface area contributed by atoms with Gasteiger partial charge in [0.25, 0.3) is 0 Å². The van der Waals surface area contributed by atoms with Crippen molar-refractivity contribution >= 4 is 12.0 Å². The van der Waals surface area contributed by atoms with Gasteiger partial charge in [-0.3, -0.25) is 4.79 Å². The number of hydrogen-bond acceptors (Lipinski definition) is 2. The zero-order valence-corrected chi connectivity index (χ0v) is 9.69. The van der Waals surface area contributed by atoms with Gasteiger partial charge in [-0.2, -0.15) is 0 Å². The third kappa shape index (κ3) is 1.86. The van der Waals surface area contributed by atoms with E-state index in [0.29, 0.717) is 17.3 Å². The van der Waals surface area contributed by atoms with E-state index in [0.717, 1.165) is 13.1 Å². The van der Waals surface area contributed by atoms with E-state index in [1.165, 1.54) is 0 Å². The summed E-state index contributed by atoms with van der Waals surface area (Å²) in [4.78, 5) is 23.7. The van der Waals surface area contributed by atoms with E-state index in [-0.39, 0.29) is 19.0 Å². The number of carbonyl (C=O) groups excluding carboxylic acids is 1. The molecule has 1 saturated carbocycles. The lowest BCUT2D eigenvalue weighted by atomic mass is 10.1. The topological polar surface area (TPSA) is 69.6 Å². The van der Waals surface area contributed by atoms with Gasteiger partial charge >= 0.3 is 12.0 Å². The van der Waals surface area contributed by atoms with E-state index in [1.807, 2.05) is 0 Å². The standard InChI is InChI=1S/C11H18N2O3/c1-11(2)7-5-13(6-8(7)11)10(16)12-4-3-9(14)15/h7-8H,3-6H2,1-2H3,(H,12,16)(H,14,15). The normalized spacial score (nSPS) is 29.8. The molecule has 90 valence electrons. The molecule has 1 aliphatic carbocycles. The maximum absolute atomic E-state index is 11.6. The van der Waals surface area contributed by atoms with Crippen LogP contribution in [0.1, 0.15) is 20.3 Å². The van der Waals surface area contributed by atoms with E-state index in [9.17, 15) is 9.59 Å². The number of nitrogens with zero attached hydrogens (tertiary/aromatic N) is 1. The first-order valence-corrected chi connectivity index (χ1v) is 5.67. The van der Waals surface area contributed by atoms with Gasteiger partial charge in [-0.1, -0.05) is 13.8 Å². The highest BCUT2D eigenvalue weighted by Crippen LogP contribution is 2.61. The van der Waals surface area contributed by atoms with Crippen molar-refractivity contribution in [2.24, 2.45) is 17.3 Å². The van der Waals surface area contributed by atoms with Crippen LogP contribution in [-0.4, -0.2) is 41.6 Å². The van der Waals surface area contributed by atoms with Crippen LogP contribution in [0.3, 0.4) is 0 Å². The molecule has 0 aromatic carbocycles. The first kappa shape index (κ1) is 11.2. The van der Waals surface area contributed by atoms with Gasteiger partial charge in [-0.05, 0) is 17.3 Å². The molecular formula is C11H18N2O3. The maximum atomic E-state index is 11.6. The molecule has 2 fully saturated rings. The zero-order chi connectivity index (χ0) is 11.9. The van der Waals surface area contributed by atoms with Gasteiger partial charge in [-0.25, -0.2) is 4.79 Å². The highest BCUT2D eigenvalue weighted by molar-refractivity contribution is 5.75. The summed E-state index contributed by atoms with van der Waals surface area (Å²) in [6.07, 6.45) is -0.0159. The summed E-state index contributed by atoms with van der Waals surface area (Å²) in [5, 5.41) is 11.1. The molecule has 5 heteroatoms. The number of nitrogens with one attached hydrogen (secondary N) is 1. The van der Waals surface area contributed by atoms with Crippen LogP contribution < -0.4 is 5.32 Å². The number of aliphatic carboxylic acids is 1. The number of piperidine rings is 1. The van der Waals surface area contributed by atoms with Gasteiger partial charge in [-0.15, -0.1) is 0 Å². The van der Waals surface area contributed by atoms with Crippen LogP contribution in [-0.2, 0) is 4.79 Å². The van der Waals surface area contributed by atoms with Crippen LogP contribution in [0.2, 0.25) is 0 Å². The SMILES string of the molecule is CC1(C)C2CN(C(=O)NCCC(=O)O)CC21. The Hall–Kier alpha value is -1.26. The first-order chi connectivity index (χ1) is 7.43. The molecule has 0 radical (unpaired) electrons. The van der Waals surface area contributed by atoms with Crippen molar-refractivity contribution in [3.05, 3.63) is 0 Å². The van der Waals surface area contributed by atoms with E-state index in [4.69, 9.17) is 5.11 Å². The largest absolute Gasteiger partial charge is 0.481 e. The minimum Gasteiger partial charge on any atom is -0.481 e. The molecule has 0 bridgehead atoms. The van der Waals surface area contributed by atoms with E-state index >= 15 is 0 Å². The Morgan fingerprint density at radius 1 is 1.38 bits per heavy atom. The highest BCUT2D eigenvalue weighted by Gasteiger charge is 2.62. The number of likely N-dealkylation sites (tertiary alicyclic amines) is 1. The molecule has 0 aromatic heterocycles. The van der Waals surface area contributed by atoms with Gasteiger partial charge in [0.15, 0.2) is 0 Å². The Labute approximate surface area is 94.8 Å². The highest BCUT2D eigenvalue weighted by atomic mass is 16.4. The molecule has 1 aliphatic heterocycles. The van der Waals surface area contributed by atoms with Crippen molar-refractivity contribution in [1.29, 1.82) is 0 Å². The van der Waals surface area contributed by atoms with Crippen LogP contribution in [0.15, 0.2) is 0 Å². The van der Waals surface area contributed by atoms with Crippen molar-refractivity contribution in [2.45, 2.75) is 20.3 Å². The number of urea groups is 1. The molecule has 16 heavy (non-hydrogen) atoms. The van der Waals surface area contributed by atoms with Gasteiger partial charge in [0.2, 0.25) is 0 Å². The second kappa shape index (κ2) is 3.64. The van der Waals surface area contributed by atoms with Crippen LogP contribution >= 0.6 is 0 Å². The predicted octanol–water partition coefficient (Wildman–Crippen LogP) is 0.759. The molecule has 1 heterocycles. The summed E-state index contributed by atoms with van der Waals surface area (Å²) in [5.74, 6) is 0.390. The molecule has 2 unspecified atom stereocenters. The molecule has 2 atom stereocenters. The lowest BCUT2D eigenvalue weighted by Gasteiger charge is -2.22. The van der Waals surface area contributed by atoms with Gasteiger partial charge in [0, 0.05) is 19.6 Å². The number of rotatable bonds is 3. The van der Waals surface area contributed by atoms with Crippen molar-refractivity contribution < 1.29 is 14.7 Å². The lowest BCUT2D eigenvalue weighted by molar-refractivity contribution is -0.136. The Bertz CT molecular complexity index is 313. The van der Waals surface area contributed by atoms with Crippen molar-refractivity contribution in [1.82, 2.24) is 10.2 Å². The Kier molecular flexibility index (Phi) is 2.56. The quantitative estimate of drug-likeness (QED) is 0.746. The summed E-state index contributed by atoms with van der Waals surface area (Å²) in [6.45, 7) is 6.32. The summed E-state index contributed by atoms with van der Waals surface area (Å²) in [6, 6.07) is -0.121. The molecule has 2 aliphatic rings. The number of carbonyl (C=O) groups is 2. The van der Waals surface area contributed by atoms with E-state index in [2.05, 4.69) is 19.2 Å². The molecule has 0 aromatic rings.